The quantitative estimate of drug-likeness (QED) is 0.766. The van der Waals surface area contributed by atoms with Gasteiger partial charge in [0.2, 0.25) is 0 Å². The van der Waals surface area contributed by atoms with Gasteiger partial charge < -0.3 is 15.9 Å². The second-order valence-corrected chi connectivity index (χ2v) is 5.69. The van der Waals surface area contributed by atoms with Crippen LogP contribution in [0.25, 0.3) is 0 Å². The SMILES string of the molecule is Cc1cc(C(C)(C)C)c(O)cc1CC(N)C(=O)O. The molecule has 0 heterocycles. The maximum atomic E-state index is 10.7. The van der Waals surface area contributed by atoms with Crippen molar-refractivity contribution in [2.24, 2.45) is 5.73 Å². The molecule has 1 rings (SSSR count). The predicted octanol–water partition coefficient (Wildman–Crippen LogP) is 1.95. The molecule has 18 heavy (non-hydrogen) atoms. The smallest absolute Gasteiger partial charge is 0.320 e. The van der Waals surface area contributed by atoms with Gasteiger partial charge in [-0.2, -0.15) is 0 Å². The van der Waals surface area contributed by atoms with E-state index in [1.807, 2.05) is 33.8 Å². The molecule has 0 radical (unpaired) electrons. The lowest BCUT2D eigenvalue weighted by atomic mass is 9.84. The summed E-state index contributed by atoms with van der Waals surface area (Å²) in [5.41, 5.74) is 7.94. The molecule has 1 aromatic carbocycles. The summed E-state index contributed by atoms with van der Waals surface area (Å²) in [6, 6.07) is 2.58. The lowest BCUT2D eigenvalue weighted by molar-refractivity contribution is -0.138. The van der Waals surface area contributed by atoms with E-state index in [-0.39, 0.29) is 17.6 Å². The highest BCUT2D eigenvalue weighted by Crippen LogP contribution is 2.33. The van der Waals surface area contributed by atoms with Gasteiger partial charge in [0.25, 0.3) is 0 Å². The Balaban J connectivity index is 3.12. The first kappa shape index (κ1) is 14.5. The monoisotopic (exact) mass is 251 g/mol. The first-order chi connectivity index (χ1) is 8.12. The summed E-state index contributed by atoms with van der Waals surface area (Å²) in [4.78, 5) is 10.7. The highest BCUT2D eigenvalue weighted by atomic mass is 16.4. The Labute approximate surface area is 107 Å². The summed E-state index contributed by atoms with van der Waals surface area (Å²) in [6.07, 6.45) is 0.221. The van der Waals surface area contributed by atoms with E-state index in [1.54, 1.807) is 6.07 Å². The average Bonchev–Trinajstić information content (AvgIpc) is 2.20. The van der Waals surface area contributed by atoms with Crippen LogP contribution < -0.4 is 5.73 Å². The molecule has 1 unspecified atom stereocenters. The molecule has 0 aromatic heterocycles. The number of rotatable bonds is 3. The zero-order chi connectivity index (χ0) is 14.1. The second-order valence-electron chi connectivity index (χ2n) is 5.69. The standard InChI is InChI=1S/C14H21NO3/c1-8-5-10(14(2,3)4)12(16)7-9(8)6-11(15)13(17)18/h5,7,11,16H,6,15H2,1-4H3,(H,17,18). The first-order valence-electron chi connectivity index (χ1n) is 5.94. The van der Waals surface area contributed by atoms with Crippen molar-refractivity contribution in [3.05, 3.63) is 28.8 Å². The number of carbonyl (C=O) groups is 1. The molecule has 0 spiro atoms. The molecular weight excluding hydrogens is 230 g/mol. The zero-order valence-electron chi connectivity index (χ0n) is 11.3. The molecule has 0 aliphatic carbocycles. The summed E-state index contributed by atoms with van der Waals surface area (Å²) in [7, 11) is 0. The Hall–Kier alpha value is -1.55. The Morgan fingerprint density at radius 2 is 1.94 bits per heavy atom. The van der Waals surface area contributed by atoms with Gasteiger partial charge in [-0.15, -0.1) is 0 Å². The molecule has 0 saturated heterocycles. The van der Waals surface area contributed by atoms with Gasteiger partial charge in [0, 0.05) is 0 Å². The van der Waals surface area contributed by atoms with Crippen LogP contribution in [0.5, 0.6) is 5.75 Å². The molecule has 0 saturated carbocycles. The van der Waals surface area contributed by atoms with E-state index in [1.165, 1.54) is 0 Å². The minimum atomic E-state index is -1.03. The highest BCUT2D eigenvalue weighted by molar-refractivity contribution is 5.73. The van der Waals surface area contributed by atoms with E-state index in [0.29, 0.717) is 0 Å². The third-order valence-electron chi connectivity index (χ3n) is 3.02. The normalized spacial score (nSPS) is 13.4. The summed E-state index contributed by atoms with van der Waals surface area (Å²) >= 11 is 0. The number of hydrogen-bond acceptors (Lipinski definition) is 3. The van der Waals surface area contributed by atoms with Crippen LogP contribution in [0.2, 0.25) is 0 Å². The summed E-state index contributed by atoms with van der Waals surface area (Å²) in [6.45, 7) is 7.96. The predicted molar refractivity (Wildman–Crippen MR) is 70.9 cm³/mol. The molecule has 0 aliphatic rings. The van der Waals surface area contributed by atoms with Gasteiger partial charge in [-0.05, 0) is 41.5 Å². The van der Waals surface area contributed by atoms with E-state index in [9.17, 15) is 9.90 Å². The fourth-order valence-corrected chi connectivity index (χ4v) is 1.88. The maximum absolute atomic E-state index is 10.7. The number of carboxylic acids is 1. The van der Waals surface area contributed by atoms with Gasteiger partial charge in [-0.3, -0.25) is 4.79 Å². The van der Waals surface area contributed by atoms with Gasteiger partial charge in [-0.25, -0.2) is 0 Å². The highest BCUT2D eigenvalue weighted by Gasteiger charge is 2.21. The van der Waals surface area contributed by atoms with Crippen LogP contribution in [-0.2, 0) is 16.6 Å². The van der Waals surface area contributed by atoms with E-state index in [0.717, 1.165) is 16.7 Å². The molecule has 0 amide bonds. The van der Waals surface area contributed by atoms with Crippen molar-refractivity contribution in [2.45, 2.75) is 45.6 Å². The minimum absolute atomic E-state index is 0.151. The molecule has 4 nitrogen and oxygen atoms in total. The lowest BCUT2D eigenvalue weighted by Crippen LogP contribution is -2.32. The molecule has 1 aromatic rings. The number of nitrogens with two attached hydrogens (primary N) is 1. The molecular formula is C14H21NO3. The topological polar surface area (TPSA) is 83.5 Å². The van der Waals surface area contributed by atoms with E-state index in [2.05, 4.69) is 0 Å². The zero-order valence-corrected chi connectivity index (χ0v) is 11.3. The van der Waals surface area contributed by atoms with Crippen molar-refractivity contribution in [3.8, 4) is 5.75 Å². The van der Waals surface area contributed by atoms with Gasteiger partial charge in [0.05, 0.1) is 0 Å². The third-order valence-corrected chi connectivity index (χ3v) is 3.02. The number of phenolic OH excluding ortho intramolecular Hbond substituents is 1. The van der Waals surface area contributed by atoms with Gasteiger partial charge in [-0.1, -0.05) is 26.8 Å². The minimum Gasteiger partial charge on any atom is -0.508 e. The second kappa shape index (κ2) is 4.98. The van der Waals surface area contributed by atoms with E-state index in [4.69, 9.17) is 10.8 Å². The molecule has 0 aliphatic heterocycles. The van der Waals surface area contributed by atoms with Crippen LogP contribution in [-0.4, -0.2) is 22.2 Å². The number of phenols is 1. The van der Waals surface area contributed by atoms with Crippen LogP contribution >= 0.6 is 0 Å². The van der Waals surface area contributed by atoms with Crippen molar-refractivity contribution in [1.29, 1.82) is 0 Å². The first-order valence-corrected chi connectivity index (χ1v) is 5.94. The average molecular weight is 251 g/mol. The summed E-state index contributed by atoms with van der Waals surface area (Å²) < 4.78 is 0. The van der Waals surface area contributed by atoms with Crippen molar-refractivity contribution in [2.75, 3.05) is 0 Å². The molecule has 0 bridgehead atoms. The van der Waals surface area contributed by atoms with Gasteiger partial charge in [0.15, 0.2) is 0 Å². The van der Waals surface area contributed by atoms with Gasteiger partial charge in [0.1, 0.15) is 11.8 Å². The number of aromatic hydroxyl groups is 1. The lowest BCUT2D eigenvalue weighted by Gasteiger charge is -2.22. The van der Waals surface area contributed by atoms with E-state index < -0.39 is 12.0 Å². The number of carboxylic acid groups (broad SMARTS) is 1. The summed E-state index contributed by atoms with van der Waals surface area (Å²) in [5, 5.41) is 18.8. The van der Waals surface area contributed by atoms with E-state index >= 15 is 0 Å². The van der Waals surface area contributed by atoms with Gasteiger partial charge >= 0.3 is 5.97 Å². The van der Waals surface area contributed by atoms with Crippen molar-refractivity contribution >= 4 is 5.97 Å². The van der Waals surface area contributed by atoms with Crippen molar-refractivity contribution in [3.63, 3.8) is 0 Å². The van der Waals surface area contributed by atoms with Crippen LogP contribution in [0, 0.1) is 6.92 Å². The molecule has 4 heteroatoms. The van der Waals surface area contributed by atoms with Crippen LogP contribution in [0.1, 0.15) is 37.5 Å². The van der Waals surface area contributed by atoms with Crippen LogP contribution in [0.15, 0.2) is 12.1 Å². The Morgan fingerprint density at radius 3 is 2.39 bits per heavy atom. The number of benzene rings is 1. The van der Waals surface area contributed by atoms with Crippen molar-refractivity contribution < 1.29 is 15.0 Å². The fourth-order valence-electron chi connectivity index (χ4n) is 1.88. The van der Waals surface area contributed by atoms with Crippen molar-refractivity contribution in [1.82, 2.24) is 0 Å². The van der Waals surface area contributed by atoms with Crippen LogP contribution in [0.4, 0.5) is 0 Å². The number of hydrogen-bond donors (Lipinski definition) is 3. The maximum Gasteiger partial charge on any atom is 0.320 e. The third kappa shape index (κ3) is 3.23. The molecule has 1 atom stereocenters. The summed E-state index contributed by atoms with van der Waals surface area (Å²) in [5.74, 6) is -0.838. The largest absolute Gasteiger partial charge is 0.508 e. The Kier molecular flexibility index (Phi) is 4.02. The number of aliphatic carboxylic acids is 1. The Morgan fingerprint density at radius 1 is 1.39 bits per heavy atom. The molecule has 100 valence electrons. The number of aryl methyl sites for hydroxylation is 1. The Bertz CT molecular complexity index is 461. The molecule has 0 fully saturated rings. The van der Waals surface area contributed by atoms with Crippen LogP contribution in [0.3, 0.4) is 0 Å². The fraction of sp³-hybridized carbons (Fsp3) is 0.500. The molecule has 4 N–H and O–H groups in total.